The van der Waals surface area contributed by atoms with Gasteiger partial charge in [-0.2, -0.15) is 10.2 Å². The molecule has 0 aliphatic rings. The van der Waals surface area contributed by atoms with Gasteiger partial charge in [0.25, 0.3) is 0 Å². The van der Waals surface area contributed by atoms with E-state index in [4.69, 9.17) is 5.11 Å². The largest absolute Gasteiger partial charge is 2.00 e. The molecule has 9 heteroatoms. The van der Waals surface area contributed by atoms with Gasteiger partial charge in [0.1, 0.15) is 0 Å². The molecule has 0 saturated heterocycles. The van der Waals surface area contributed by atoms with Crippen molar-refractivity contribution in [2.24, 2.45) is 10.2 Å². The van der Waals surface area contributed by atoms with E-state index >= 15 is 0 Å². The summed E-state index contributed by atoms with van der Waals surface area (Å²) in [5.74, 6) is -0.376. The summed E-state index contributed by atoms with van der Waals surface area (Å²) >= 11 is 0. The fraction of sp³-hybridized carbons (Fsp3) is 0.143. The molecule has 2 N–H and O–H groups in total. The van der Waals surface area contributed by atoms with Gasteiger partial charge in [-0.15, -0.1) is 0 Å². The van der Waals surface area contributed by atoms with Crippen LogP contribution in [0.5, 0.6) is 0 Å². The van der Waals surface area contributed by atoms with Crippen molar-refractivity contribution in [2.75, 3.05) is 7.11 Å². The minimum absolute atomic E-state index is 0. The summed E-state index contributed by atoms with van der Waals surface area (Å²) < 4.78 is 0. The molecule has 2 aromatic heterocycles. The van der Waals surface area contributed by atoms with Gasteiger partial charge in [0.15, 0.2) is 12.4 Å². The van der Waals surface area contributed by atoms with Crippen LogP contribution in [0.2, 0.25) is 0 Å². The fourth-order valence-corrected chi connectivity index (χ4v) is 1.34. The van der Waals surface area contributed by atoms with Gasteiger partial charge in [-0.25, -0.2) is 4.98 Å². The number of halogens is 2. The molecule has 0 bridgehead atoms. The van der Waals surface area contributed by atoms with E-state index in [1.54, 1.807) is 37.6 Å². The smallest absolute Gasteiger partial charge is 1.00 e. The Balaban J connectivity index is -0.000000770. The van der Waals surface area contributed by atoms with E-state index in [9.17, 15) is 5.11 Å². The molecule has 0 fully saturated rings. The molecule has 0 saturated carbocycles. The number of nitrogens with zero attached hydrogens (tertiary/aromatic N) is 3. The molecule has 0 aliphatic heterocycles. The number of aromatic amines is 1. The Kier molecular flexibility index (Phi) is 19.1. The molecule has 120 valence electrons. The molecule has 2 heterocycles. The third-order valence-electron chi connectivity index (χ3n) is 2.29. The van der Waals surface area contributed by atoms with Gasteiger partial charge in [-0.3, -0.25) is 4.98 Å². The van der Waals surface area contributed by atoms with Gasteiger partial charge >= 0.3 is 27.3 Å². The summed E-state index contributed by atoms with van der Waals surface area (Å²) in [4.78, 5) is 6.96. The van der Waals surface area contributed by atoms with Crippen LogP contribution in [0, 0.1) is 0 Å². The number of aliphatic hydroxyl groups is 1. The molecular formula is C14H16Br2CdN4O2. The quantitative estimate of drug-likeness (QED) is 0.181. The molecular weight excluding hydrogens is 528 g/mol. The first-order chi connectivity index (χ1) is 9.77. The molecule has 0 aromatic carbocycles. The van der Waals surface area contributed by atoms with Crippen molar-refractivity contribution in [3.8, 4) is 0 Å². The van der Waals surface area contributed by atoms with Crippen LogP contribution in [-0.4, -0.2) is 28.8 Å². The van der Waals surface area contributed by atoms with Crippen LogP contribution in [0.3, 0.4) is 0 Å². The Morgan fingerprint density at radius 2 is 1.70 bits per heavy atom. The first kappa shape index (κ1) is 27.1. The summed E-state index contributed by atoms with van der Waals surface area (Å²) in [5.41, 5.74) is 1.80. The van der Waals surface area contributed by atoms with Crippen molar-refractivity contribution in [3.63, 3.8) is 0 Å². The predicted molar refractivity (Wildman–Crippen MR) is 74.1 cm³/mol. The van der Waals surface area contributed by atoms with Gasteiger partial charge in [0, 0.05) is 31.3 Å². The topological polar surface area (TPSA) is 95.0 Å². The predicted octanol–water partition coefficient (Wildman–Crippen LogP) is -5.96. The second-order valence-electron chi connectivity index (χ2n) is 3.59. The standard InChI is InChI=1S/C13H12N4O.CH4O.2BrH.Cd/c1-10(12-4-2-3-7-15-12)16-17-13(18)11-5-8-14-9-6-11;1-2;;;/h2-9H,1H3,(H,17,18);2H,1H3;2*1H;/q;;;;+2/p-2/b16-10+;;;;. The Morgan fingerprint density at radius 1 is 1.09 bits per heavy atom. The maximum atomic E-state index is 11.7. The van der Waals surface area contributed by atoms with Crippen LogP contribution >= 0.6 is 0 Å². The third-order valence-corrected chi connectivity index (χ3v) is 2.29. The number of aromatic nitrogens is 2. The van der Waals surface area contributed by atoms with Crippen molar-refractivity contribution in [2.45, 2.75) is 6.92 Å². The Bertz CT molecular complexity index is 530. The van der Waals surface area contributed by atoms with E-state index in [-0.39, 0.29) is 67.2 Å². The van der Waals surface area contributed by atoms with Crippen LogP contribution in [0.1, 0.15) is 18.2 Å². The van der Waals surface area contributed by atoms with E-state index in [1.807, 2.05) is 18.2 Å². The van der Waals surface area contributed by atoms with Crippen molar-refractivity contribution < 1.29 is 76.5 Å². The fourth-order valence-electron chi connectivity index (χ4n) is 1.34. The van der Waals surface area contributed by atoms with Crippen LogP contribution in [-0.2, 0) is 27.3 Å². The van der Waals surface area contributed by atoms with Crippen LogP contribution in [0.15, 0.2) is 59.1 Å². The summed E-state index contributed by atoms with van der Waals surface area (Å²) in [7, 11) is 1.00. The zero-order chi connectivity index (χ0) is 14.8. The molecule has 23 heavy (non-hydrogen) atoms. The first-order valence-electron chi connectivity index (χ1n) is 5.89. The summed E-state index contributed by atoms with van der Waals surface area (Å²) in [6, 6.07) is 8.79. The van der Waals surface area contributed by atoms with Crippen molar-refractivity contribution in [1.29, 1.82) is 0 Å². The number of aliphatic hydroxyl groups excluding tert-OH is 1. The Hall–Kier alpha value is -0.718. The SMILES string of the molecule is C/C(=N\N=C(/[O-])c1cc[nH+]cc1)c1ccccn1.CO.[Br-].[Br-].[Cd+2]. The molecule has 0 unspecified atom stereocenters. The van der Waals surface area contributed by atoms with E-state index in [2.05, 4.69) is 20.2 Å². The second kappa shape index (κ2) is 16.2. The number of rotatable bonds is 3. The van der Waals surface area contributed by atoms with E-state index in [0.29, 0.717) is 17.0 Å². The number of nitrogens with one attached hydrogen (secondary N) is 1. The molecule has 6 nitrogen and oxygen atoms in total. The van der Waals surface area contributed by atoms with Gasteiger partial charge in [0.2, 0.25) is 0 Å². The molecule has 2 rings (SSSR count). The zero-order valence-electron chi connectivity index (χ0n) is 12.8. The number of hydrogen-bond donors (Lipinski definition) is 1. The van der Waals surface area contributed by atoms with Gasteiger partial charge in [0.05, 0.1) is 11.4 Å². The molecule has 0 spiro atoms. The van der Waals surface area contributed by atoms with E-state index in [1.165, 1.54) is 0 Å². The van der Waals surface area contributed by atoms with Crippen LogP contribution in [0.25, 0.3) is 0 Å². The number of hydrogen-bond acceptors (Lipinski definition) is 5. The van der Waals surface area contributed by atoms with Crippen molar-refractivity contribution in [3.05, 3.63) is 60.2 Å². The van der Waals surface area contributed by atoms with Crippen LogP contribution < -0.4 is 44.1 Å². The monoisotopic (exact) mass is 544 g/mol. The third kappa shape index (κ3) is 9.89. The molecule has 2 aromatic rings. The Labute approximate surface area is 176 Å². The minimum atomic E-state index is -0.376. The molecule has 0 radical (unpaired) electrons. The maximum absolute atomic E-state index is 11.7. The maximum Gasteiger partial charge on any atom is 2.00 e. The normalized spacial score (nSPS) is 10.0. The average Bonchev–Trinajstić information content (AvgIpc) is 2.55. The average molecular weight is 545 g/mol. The van der Waals surface area contributed by atoms with Crippen LogP contribution in [0.4, 0.5) is 0 Å². The first-order valence-corrected chi connectivity index (χ1v) is 5.89. The summed E-state index contributed by atoms with van der Waals surface area (Å²) in [5, 5.41) is 26.2. The number of pyridine rings is 2. The minimum Gasteiger partial charge on any atom is -1.00 e. The Morgan fingerprint density at radius 3 is 2.22 bits per heavy atom. The number of H-pyrrole nitrogens is 1. The molecule has 0 aliphatic carbocycles. The second-order valence-corrected chi connectivity index (χ2v) is 3.59. The molecule has 0 amide bonds. The van der Waals surface area contributed by atoms with Gasteiger partial charge in [-0.05, 0) is 24.6 Å². The molecule has 0 atom stereocenters. The van der Waals surface area contributed by atoms with Gasteiger partial charge < -0.3 is 44.2 Å². The van der Waals surface area contributed by atoms with Crippen molar-refractivity contribution in [1.82, 2.24) is 4.98 Å². The summed E-state index contributed by atoms with van der Waals surface area (Å²) in [6.45, 7) is 1.76. The van der Waals surface area contributed by atoms with Gasteiger partial charge in [-0.1, -0.05) is 6.07 Å². The van der Waals surface area contributed by atoms with E-state index < -0.39 is 0 Å². The summed E-state index contributed by atoms with van der Waals surface area (Å²) in [6.07, 6.45) is 5.00. The zero-order valence-corrected chi connectivity index (χ0v) is 20.0. The van der Waals surface area contributed by atoms with Crippen molar-refractivity contribution >= 4 is 11.6 Å². The van der Waals surface area contributed by atoms with E-state index in [0.717, 1.165) is 7.11 Å².